The number of ether oxygens (including phenoxy) is 1. The molecular weight excluding hydrogens is 350 g/mol. The van der Waals surface area contributed by atoms with Crippen molar-refractivity contribution in [3.8, 4) is 0 Å². The first-order valence-corrected chi connectivity index (χ1v) is 10.3. The summed E-state index contributed by atoms with van der Waals surface area (Å²) < 4.78 is 5.63. The van der Waals surface area contributed by atoms with E-state index >= 15 is 0 Å². The number of rotatable bonds is 5. The number of carbonyl (C=O) groups is 1. The van der Waals surface area contributed by atoms with Crippen LogP contribution in [0.15, 0.2) is 48.7 Å². The molecule has 1 aromatic carbocycles. The predicted molar refractivity (Wildman–Crippen MR) is 110 cm³/mol. The average molecular weight is 380 g/mol. The molecule has 2 aliphatic rings. The van der Waals surface area contributed by atoms with Gasteiger partial charge in [0.05, 0.1) is 11.5 Å². The van der Waals surface area contributed by atoms with E-state index in [1.807, 2.05) is 25.4 Å². The number of hydrogen-bond donors (Lipinski definition) is 1. The van der Waals surface area contributed by atoms with Crippen LogP contribution >= 0.6 is 0 Å². The van der Waals surface area contributed by atoms with E-state index in [4.69, 9.17) is 4.74 Å². The number of carbonyl (C=O) groups excluding carboxylic acids is 1. The molecule has 0 aliphatic carbocycles. The lowest BCUT2D eigenvalue weighted by Crippen LogP contribution is -2.48. The first-order valence-electron chi connectivity index (χ1n) is 10.3. The lowest BCUT2D eigenvalue weighted by Gasteiger charge is -2.40. The van der Waals surface area contributed by atoms with Crippen LogP contribution in [0.2, 0.25) is 0 Å². The number of likely N-dealkylation sites (tertiary alicyclic amines) is 1. The quantitative estimate of drug-likeness (QED) is 0.858. The monoisotopic (exact) mass is 379 g/mol. The van der Waals surface area contributed by atoms with Gasteiger partial charge in [0.15, 0.2) is 0 Å². The zero-order chi connectivity index (χ0) is 19.4. The van der Waals surface area contributed by atoms with Crippen LogP contribution in [-0.4, -0.2) is 42.6 Å². The Labute approximate surface area is 167 Å². The molecule has 0 spiro atoms. The van der Waals surface area contributed by atoms with E-state index in [0.29, 0.717) is 19.1 Å². The van der Waals surface area contributed by atoms with Crippen LogP contribution in [0.25, 0.3) is 0 Å². The SMILES string of the molecule is CNc1cc([C@@H]2CCCN2C(=O)C2(Cc3ccccc3)CCOCC2)ccn1. The second kappa shape index (κ2) is 8.31. The highest BCUT2D eigenvalue weighted by atomic mass is 16.5. The fraction of sp³-hybridized carbons (Fsp3) is 0.478. The Bertz CT molecular complexity index is 803. The summed E-state index contributed by atoms with van der Waals surface area (Å²) in [7, 11) is 1.88. The summed E-state index contributed by atoms with van der Waals surface area (Å²) in [4.78, 5) is 20.4. The van der Waals surface area contributed by atoms with Crippen LogP contribution in [0.5, 0.6) is 0 Å². The van der Waals surface area contributed by atoms with Crippen LogP contribution < -0.4 is 5.32 Å². The van der Waals surface area contributed by atoms with Crippen molar-refractivity contribution in [1.82, 2.24) is 9.88 Å². The zero-order valence-corrected chi connectivity index (χ0v) is 16.6. The molecule has 3 heterocycles. The molecule has 0 saturated carbocycles. The molecule has 1 N–H and O–H groups in total. The van der Waals surface area contributed by atoms with E-state index in [9.17, 15) is 4.79 Å². The molecule has 5 nitrogen and oxygen atoms in total. The fourth-order valence-electron chi connectivity index (χ4n) is 4.67. The third kappa shape index (κ3) is 3.76. The molecule has 1 aromatic heterocycles. The first kappa shape index (κ1) is 18.9. The van der Waals surface area contributed by atoms with Crippen molar-refractivity contribution >= 4 is 11.7 Å². The lowest BCUT2D eigenvalue weighted by atomic mass is 9.73. The van der Waals surface area contributed by atoms with Crippen molar-refractivity contribution in [2.45, 2.75) is 38.1 Å². The smallest absolute Gasteiger partial charge is 0.229 e. The Balaban J connectivity index is 1.62. The molecule has 2 aromatic rings. The van der Waals surface area contributed by atoms with Crippen LogP contribution in [0.1, 0.15) is 42.9 Å². The Morgan fingerprint density at radius 2 is 2.04 bits per heavy atom. The van der Waals surface area contributed by atoms with E-state index in [1.54, 1.807) is 0 Å². The summed E-state index contributed by atoms with van der Waals surface area (Å²) in [6.45, 7) is 2.16. The van der Waals surface area contributed by atoms with Crippen LogP contribution in [-0.2, 0) is 16.0 Å². The Kier molecular flexibility index (Phi) is 5.62. The maximum absolute atomic E-state index is 13.9. The van der Waals surface area contributed by atoms with E-state index in [2.05, 4.69) is 45.5 Å². The van der Waals surface area contributed by atoms with Crippen molar-refractivity contribution in [2.24, 2.45) is 5.41 Å². The summed E-state index contributed by atoms with van der Waals surface area (Å²) >= 11 is 0. The van der Waals surface area contributed by atoms with Gasteiger partial charge in [0, 0.05) is 33.0 Å². The molecule has 2 aliphatic heterocycles. The van der Waals surface area contributed by atoms with E-state index in [0.717, 1.165) is 44.5 Å². The number of benzene rings is 1. The molecule has 1 atom stereocenters. The maximum Gasteiger partial charge on any atom is 0.229 e. The number of hydrogen-bond acceptors (Lipinski definition) is 4. The zero-order valence-electron chi connectivity index (χ0n) is 16.6. The molecule has 0 unspecified atom stereocenters. The summed E-state index contributed by atoms with van der Waals surface area (Å²) in [5.41, 5.74) is 2.04. The predicted octanol–water partition coefficient (Wildman–Crippen LogP) is 3.83. The topological polar surface area (TPSA) is 54.5 Å². The maximum atomic E-state index is 13.9. The number of aromatic nitrogens is 1. The molecule has 2 fully saturated rings. The van der Waals surface area contributed by atoms with Gasteiger partial charge in [0.1, 0.15) is 5.82 Å². The van der Waals surface area contributed by atoms with E-state index in [-0.39, 0.29) is 11.5 Å². The van der Waals surface area contributed by atoms with Gasteiger partial charge in [-0.05, 0) is 55.4 Å². The van der Waals surface area contributed by atoms with Gasteiger partial charge < -0.3 is 15.0 Å². The highest BCUT2D eigenvalue weighted by Gasteiger charge is 2.45. The molecule has 4 rings (SSSR count). The van der Waals surface area contributed by atoms with Gasteiger partial charge in [0.25, 0.3) is 0 Å². The Morgan fingerprint density at radius 3 is 2.79 bits per heavy atom. The molecule has 148 valence electrons. The van der Waals surface area contributed by atoms with Gasteiger partial charge in [0.2, 0.25) is 5.91 Å². The van der Waals surface area contributed by atoms with Gasteiger partial charge >= 0.3 is 0 Å². The minimum atomic E-state index is -0.360. The normalized spacial score (nSPS) is 21.5. The molecular formula is C23H29N3O2. The molecule has 5 heteroatoms. The minimum Gasteiger partial charge on any atom is -0.381 e. The molecule has 0 bridgehead atoms. The molecule has 1 amide bonds. The minimum absolute atomic E-state index is 0.137. The first-order chi connectivity index (χ1) is 13.7. The van der Waals surface area contributed by atoms with Crippen LogP contribution in [0.3, 0.4) is 0 Å². The van der Waals surface area contributed by atoms with Crippen molar-refractivity contribution in [3.05, 3.63) is 59.8 Å². The highest BCUT2D eigenvalue weighted by Crippen LogP contribution is 2.42. The third-order valence-corrected chi connectivity index (χ3v) is 6.23. The molecule has 28 heavy (non-hydrogen) atoms. The van der Waals surface area contributed by atoms with E-state index in [1.165, 1.54) is 11.1 Å². The van der Waals surface area contributed by atoms with Crippen LogP contribution in [0.4, 0.5) is 5.82 Å². The van der Waals surface area contributed by atoms with Crippen molar-refractivity contribution < 1.29 is 9.53 Å². The van der Waals surface area contributed by atoms with Gasteiger partial charge in [-0.1, -0.05) is 30.3 Å². The van der Waals surface area contributed by atoms with Gasteiger partial charge in [-0.3, -0.25) is 4.79 Å². The number of amides is 1. The summed E-state index contributed by atoms with van der Waals surface area (Å²) in [6, 6.07) is 14.7. The Morgan fingerprint density at radius 1 is 1.25 bits per heavy atom. The van der Waals surface area contributed by atoms with Crippen molar-refractivity contribution in [2.75, 3.05) is 32.1 Å². The van der Waals surface area contributed by atoms with Gasteiger partial charge in [-0.25, -0.2) is 4.98 Å². The Hall–Kier alpha value is -2.40. The number of nitrogens with zero attached hydrogens (tertiary/aromatic N) is 2. The van der Waals surface area contributed by atoms with Gasteiger partial charge in [-0.2, -0.15) is 0 Å². The lowest BCUT2D eigenvalue weighted by molar-refractivity contribution is -0.149. The van der Waals surface area contributed by atoms with E-state index < -0.39 is 0 Å². The average Bonchev–Trinajstić information content (AvgIpc) is 3.24. The molecule has 0 radical (unpaired) electrons. The summed E-state index contributed by atoms with van der Waals surface area (Å²) in [5.74, 6) is 1.15. The van der Waals surface area contributed by atoms with Crippen LogP contribution in [0, 0.1) is 5.41 Å². The van der Waals surface area contributed by atoms with Gasteiger partial charge in [-0.15, -0.1) is 0 Å². The number of pyridine rings is 1. The third-order valence-electron chi connectivity index (χ3n) is 6.23. The van der Waals surface area contributed by atoms with Crippen molar-refractivity contribution in [1.29, 1.82) is 0 Å². The standard InChI is InChI=1S/C23H29N3O2/c1-24-21-16-19(9-12-25-21)20-8-5-13-26(20)22(27)23(10-14-28-15-11-23)17-18-6-3-2-4-7-18/h2-4,6-7,9,12,16,20H,5,8,10-11,13-15,17H2,1H3,(H,24,25)/t20-/m0/s1. The number of nitrogens with one attached hydrogen (secondary N) is 1. The molecule has 2 saturated heterocycles. The summed E-state index contributed by atoms with van der Waals surface area (Å²) in [5, 5.41) is 3.11. The highest BCUT2D eigenvalue weighted by molar-refractivity contribution is 5.84. The summed E-state index contributed by atoms with van der Waals surface area (Å²) in [6.07, 6.45) is 6.26. The number of anilines is 1. The second-order valence-corrected chi connectivity index (χ2v) is 7.94. The van der Waals surface area contributed by atoms with Crippen molar-refractivity contribution in [3.63, 3.8) is 0 Å². The second-order valence-electron chi connectivity index (χ2n) is 7.94. The fourth-order valence-corrected chi connectivity index (χ4v) is 4.67. The largest absolute Gasteiger partial charge is 0.381 e.